The van der Waals surface area contributed by atoms with Gasteiger partial charge in [0.25, 0.3) is 0 Å². The van der Waals surface area contributed by atoms with E-state index < -0.39 is 0 Å². The summed E-state index contributed by atoms with van der Waals surface area (Å²) in [4.78, 5) is 0. The Kier molecular flexibility index (Phi) is 3.87. The zero-order chi connectivity index (χ0) is 11.4. The summed E-state index contributed by atoms with van der Waals surface area (Å²) >= 11 is 1.88. The number of hydrogen-bond donors (Lipinski definition) is 1. The molecule has 0 spiro atoms. The lowest BCUT2D eigenvalue weighted by atomic mass is 9.72. The van der Waals surface area contributed by atoms with Gasteiger partial charge in [-0.25, -0.2) is 4.39 Å². The Balaban J connectivity index is 2.08. The Hall–Kier alpha value is -0.540. The van der Waals surface area contributed by atoms with Crippen molar-refractivity contribution < 1.29 is 4.39 Å². The number of nitrogens with one attached hydrogen (secondary N) is 1. The standard InChI is InChI=1S/C13H18FNS/c1-16-7-3-6-13(9-15-10-13)11-4-2-5-12(14)8-11/h2,4-5,8,15H,3,6-7,9-10H2,1H3. The molecule has 0 bridgehead atoms. The van der Waals surface area contributed by atoms with Crippen LogP contribution < -0.4 is 5.32 Å². The fourth-order valence-electron chi connectivity index (χ4n) is 2.33. The highest BCUT2D eigenvalue weighted by molar-refractivity contribution is 7.98. The Bertz CT molecular complexity index is 350. The van der Waals surface area contributed by atoms with Gasteiger partial charge in [-0.15, -0.1) is 0 Å². The van der Waals surface area contributed by atoms with Gasteiger partial charge in [-0.1, -0.05) is 12.1 Å². The van der Waals surface area contributed by atoms with Crippen LogP contribution in [0.25, 0.3) is 0 Å². The minimum absolute atomic E-state index is 0.117. The van der Waals surface area contributed by atoms with Gasteiger partial charge in [-0.05, 0) is 42.5 Å². The van der Waals surface area contributed by atoms with E-state index in [9.17, 15) is 4.39 Å². The van der Waals surface area contributed by atoms with Crippen LogP contribution in [-0.4, -0.2) is 25.1 Å². The van der Waals surface area contributed by atoms with Crippen molar-refractivity contribution >= 4 is 11.8 Å². The first-order valence-corrected chi connectivity index (χ1v) is 7.12. The molecule has 3 heteroatoms. The number of benzene rings is 1. The highest BCUT2D eigenvalue weighted by Gasteiger charge is 2.37. The van der Waals surface area contributed by atoms with E-state index in [1.807, 2.05) is 17.8 Å². The molecule has 88 valence electrons. The maximum atomic E-state index is 13.2. The molecule has 0 aromatic heterocycles. The second-order valence-electron chi connectivity index (χ2n) is 4.49. The first-order valence-electron chi connectivity index (χ1n) is 5.73. The summed E-state index contributed by atoms with van der Waals surface area (Å²) < 4.78 is 13.2. The van der Waals surface area contributed by atoms with E-state index in [1.54, 1.807) is 6.07 Å². The van der Waals surface area contributed by atoms with E-state index in [0.717, 1.165) is 25.1 Å². The number of hydrogen-bond acceptors (Lipinski definition) is 2. The summed E-state index contributed by atoms with van der Waals surface area (Å²) in [5.74, 6) is 1.07. The second-order valence-corrected chi connectivity index (χ2v) is 5.48. The largest absolute Gasteiger partial charge is 0.315 e. The average Bonchev–Trinajstić information content (AvgIpc) is 2.22. The first kappa shape index (κ1) is 11.9. The summed E-state index contributed by atoms with van der Waals surface area (Å²) in [6.45, 7) is 1.98. The molecule has 1 aromatic rings. The maximum Gasteiger partial charge on any atom is 0.123 e. The molecule has 0 amide bonds. The molecule has 0 saturated carbocycles. The summed E-state index contributed by atoms with van der Waals surface area (Å²) in [5, 5.41) is 3.32. The van der Waals surface area contributed by atoms with Crippen molar-refractivity contribution in [2.45, 2.75) is 18.3 Å². The molecule has 0 aliphatic carbocycles. The zero-order valence-corrected chi connectivity index (χ0v) is 10.4. The van der Waals surface area contributed by atoms with Crippen molar-refractivity contribution in [2.75, 3.05) is 25.1 Å². The minimum atomic E-state index is -0.117. The monoisotopic (exact) mass is 239 g/mol. The Morgan fingerprint density at radius 3 is 2.81 bits per heavy atom. The van der Waals surface area contributed by atoms with E-state index in [2.05, 4.69) is 17.6 Å². The van der Waals surface area contributed by atoms with Crippen molar-refractivity contribution in [3.8, 4) is 0 Å². The van der Waals surface area contributed by atoms with Crippen LogP contribution in [-0.2, 0) is 5.41 Å². The Morgan fingerprint density at radius 1 is 1.44 bits per heavy atom. The molecule has 1 aliphatic heterocycles. The van der Waals surface area contributed by atoms with Gasteiger partial charge in [-0.2, -0.15) is 11.8 Å². The number of halogens is 1. The molecular weight excluding hydrogens is 221 g/mol. The van der Waals surface area contributed by atoms with Gasteiger partial charge in [-0.3, -0.25) is 0 Å². The quantitative estimate of drug-likeness (QED) is 0.793. The molecule has 1 aliphatic rings. The summed E-state index contributed by atoms with van der Waals surface area (Å²) in [7, 11) is 0. The molecule has 0 atom stereocenters. The predicted octanol–water partition coefficient (Wildman–Crippen LogP) is 2.81. The van der Waals surface area contributed by atoms with E-state index in [-0.39, 0.29) is 11.2 Å². The maximum absolute atomic E-state index is 13.2. The van der Waals surface area contributed by atoms with Crippen LogP contribution in [0.3, 0.4) is 0 Å². The van der Waals surface area contributed by atoms with Crippen LogP contribution in [0, 0.1) is 5.82 Å². The summed E-state index contributed by atoms with van der Waals surface area (Å²) in [6, 6.07) is 7.09. The highest BCUT2D eigenvalue weighted by Crippen LogP contribution is 2.34. The Labute approximate surface area is 101 Å². The molecule has 1 fully saturated rings. The topological polar surface area (TPSA) is 12.0 Å². The molecule has 1 N–H and O–H groups in total. The van der Waals surface area contributed by atoms with Crippen LogP contribution in [0.1, 0.15) is 18.4 Å². The van der Waals surface area contributed by atoms with Gasteiger partial charge in [0.15, 0.2) is 0 Å². The van der Waals surface area contributed by atoms with Crippen molar-refractivity contribution in [3.05, 3.63) is 35.6 Å². The van der Waals surface area contributed by atoms with Gasteiger partial charge in [0.05, 0.1) is 0 Å². The third-order valence-corrected chi connectivity index (χ3v) is 4.06. The molecule has 1 saturated heterocycles. The molecule has 16 heavy (non-hydrogen) atoms. The van der Waals surface area contributed by atoms with Crippen LogP contribution in [0.15, 0.2) is 24.3 Å². The van der Waals surface area contributed by atoms with Gasteiger partial charge in [0.1, 0.15) is 5.82 Å². The first-order chi connectivity index (χ1) is 7.77. The molecule has 1 aromatic carbocycles. The molecule has 0 unspecified atom stereocenters. The lowest BCUT2D eigenvalue weighted by Crippen LogP contribution is -2.56. The van der Waals surface area contributed by atoms with Crippen molar-refractivity contribution in [1.29, 1.82) is 0 Å². The lowest BCUT2D eigenvalue weighted by Gasteiger charge is -2.43. The molecule has 1 heterocycles. The van der Waals surface area contributed by atoms with Crippen LogP contribution >= 0.6 is 11.8 Å². The average molecular weight is 239 g/mol. The van der Waals surface area contributed by atoms with Gasteiger partial charge < -0.3 is 5.32 Å². The predicted molar refractivity (Wildman–Crippen MR) is 68.6 cm³/mol. The lowest BCUT2D eigenvalue weighted by molar-refractivity contribution is 0.255. The van der Waals surface area contributed by atoms with E-state index >= 15 is 0 Å². The normalized spacial score (nSPS) is 18.1. The summed E-state index contributed by atoms with van der Waals surface area (Å²) in [5.41, 5.74) is 1.35. The van der Waals surface area contributed by atoms with E-state index in [0.29, 0.717) is 0 Å². The molecule has 2 rings (SSSR count). The fraction of sp³-hybridized carbons (Fsp3) is 0.538. The van der Waals surface area contributed by atoms with Gasteiger partial charge >= 0.3 is 0 Å². The van der Waals surface area contributed by atoms with Gasteiger partial charge in [0.2, 0.25) is 0 Å². The molecule has 1 nitrogen and oxygen atoms in total. The van der Waals surface area contributed by atoms with Crippen LogP contribution in [0.5, 0.6) is 0 Å². The second kappa shape index (κ2) is 5.19. The van der Waals surface area contributed by atoms with Gasteiger partial charge in [0, 0.05) is 18.5 Å². The van der Waals surface area contributed by atoms with Crippen molar-refractivity contribution in [1.82, 2.24) is 5.32 Å². The highest BCUT2D eigenvalue weighted by atomic mass is 32.2. The summed E-state index contributed by atoms with van der Waals surface area (Å²) in [6.07, 6.45) is 4.50. The van der Waals surface area contributed by atoms with Crippen molar-refractivity contribution in [2.24, 2.45) is 0 Å². The van der Waals surface area contributed by atoms with Crippen LogP contribution in [0.4, 0.5) is 4.39 Å². The third-order valence-electron chi connectivity index (χ3n) is 3.37. The smallest absolute Gasteiger partial charge is 0.123 e. The van der Waals surface area contributed by atoms with Crippen LogP contribution in [0.2, 0.25) is 0 Å². The fourth-order valence-corrected chi connectivity index (χ4v) is 2.76. The SMILES string of the molecule is CSCCCC1(c2cccc(F)c2)CNC1. The molecule has 0 radical (unpaired) electrons. The van der Waals surface area contributed by atoms with E-state index in [1.165, 1.54) is 18.2 Å². The number of rotatable bonds is 5. The zero-order valence-electron chi connectivity index (χ0n) is 9.63. The minimum Gasteiger partial charge on any atom is -0.315 e. The molecular formula is C13H18FNS. The third kappa shape index (κ3) is 2.41. The number of thioether (sulfide) groups is 1. The van der Waals surface area contributed by atoms with E-state index in [4.69, 9.17) is 0 Å². The van der Waals surface area contributed by atoms with Crippen molar-refractivity contribution in [3.63, 3.8) is 0 Å². The Morgan fingerprint density at radius 2 is 2.25 bits per heavy atom.